The highest BCUT2D eigenvalue weighted by atomic mass is 14.3. The summed E-state index contributed by atoms with van der Waals surface area (Å²) in [6.07, 6.45) is 13.9. The Kier molecular flexibility index (Phi) is 8.73. The van der Waals surface area contributed by atoms with E-state index in [0.29, 0.717) is 17.0 Å². The Morgan fingerprint density at radius 1 is 0.774 bits per heavy atom. The molecule has 2 aromatic carbocycles. The number of unbranched alkanes of at least 4 members (excludes halogenated alkanes) is 4. The zero-order valence-electron chi connectivity index (χ0n) is 19.3. The molecule has 2 aromatic rings. The van der Waals surface area contributed by atoms with Gasteiger partial charge in [0.1, 0.15) is 12.1 Å². The van der Waals surface area contributed by atoms with Crippen LogP contribution in [0, 0.1) is 28.6 Å². The lowest BCUT2D eigenvalue weighted by molar-refractivity contribution is 0.301. The van der Waals surface area contributed by atoms with Gasteiger partial charge < -0.3 is 0 Å². The van der Waals surface area contributed by atoms with Gasteiger partial charge in [0.2, 0.25) is 0 Å². The molecule has 0 radical (unpaired) electrons. The molecule has 1 aliphatic rings. The second-order valence-electron chi connectivity index (χ2n) is 9.15. The van der Waals surface area contributed by atoms with Crippen molar-refractivity contribution in [2.75, 3.05) is 0 Å². The Balaban J connectivity index is 1.71. The number of hydrogen-bond donors (Lipinski definition) is 0. The van der Waals surface area contributed by atoms with Crippen molar-refractivity contribution in [2.45, 2.75) is 90.4 Å². The van der Waals surface area contributed by atoms with Crippen LogP contribution in [0.3, 0.4) is 0 Å². The summed E-state index contributed by atoms with van der Waals surface area (Å²) in [6.45, 7) is 4.41. The number of benzene rings is 2. The zero-order valence-corrected chi connectivity index (χ0v) is 19.3. The number of rotatable bonds is 9. The molecule has 0 bridgehead atoms. The van der Waals surface area contributed by atoms with Gasteiger partial charge in [-0.1, -0.05) is 88.8 Å². The third-order valence-corrected chi connectivity index (χ3v) is 7.14. The van der Waals surface area contributed by atoms with Gasteiger partial charge in [-0.05, 0) is 60.6 Å². The fourth-order valence-corrected chi connectivity index (χ4v) is 5.15. The molecule has 0 aliphatic heterocycles. The molecular weight excluding hydrogens is 376 g/mol. The summed E-state index contributed by atoms with van der Waals surface area (Å²) >= 11 is 0. The van der Waals surface area contributed by atoms with Gasteiger partial charge in [-0.25, -0.2) is 0 Å². The van der Waals surface area contributed by atoms with Crippen molar-refractivity contribution in [1.82, 2.24) is 0 Å². The van der Waals surface area contributed by atoms with E-state index >= 15 is 0 Å². The highest BCUT2D eigenvalue weighted by Crippen LogP contribution is 2.41. The molecule has 2 heteroatoms. The normalized spacial score (nSPS) is 18.3. The van der Waals surface area contributed by atoms with E-state index in [0.717, 1.165) is 41.9 Å². The van der Waals surface area contributed by atoms with Crippen LogP contribution in [0.15, 0.2) is 36.4 Å². The molecule has 1 fully saturated rings. The summed E-state index contributed by atoms with van der Waals surface area (Å²) in [5.74, 6) is 1.25. The van der Waals surface area contributed by atoms with E-state index < -0.39 is 0 Å². The fourth-order valence-electron chi connectivity index (χ4n) is 5.15. The first-order valence-corrected chi connectivity index (χ1v) is 12.3. The van der Waals surface area contributed by atoms with Crippen molar-refractivity contribution < 1.29 is 0 Å². The molecule has 0 atom stereocenters. The van der Waals surface area contributed by atoms with Gasteiger partial charge in [0, 0.05) is 5.56 Å². The molecule has 0 N–H and O–H groups in total. The van der Waals surface area contributed by atoms with Crippen molar-refractivity contribution in [3.63, 3.8) is 0 Å². The minimum atomic E-state index is 0.412. The van der Waals surface area contributed by atoms with Crippen LogP contribution in [0.25, 0.3) is 11.1 Å². The van der Waals surface area contributed by atoms with E-state index in [9.17, 15) is 10.5 Å². The van der Waals surface area contributed by atoms with Crippen LogP contribution in [0.4, 0.5) is 0 Å². The van der Waals surface area contributed by atoms with Crippen LogP contribution in [-0.2, 0) is 6.42 Å². The predicted molar refractivity (Wildman–Crippen MR) is 129 cm³/mol. The van der Waals surface area contributed by atoms with Crippen LogP contribution in [0.1, 0.15) is 106 Å². The van der Waals surface area contributed by atoms with Crippen LogP contribution < -0.4 is 0 Å². The molecule has 31 heavy (non-hydrogen) atoms. The summed E-state index contributed by atoms with van der Waals surface area (Å²) < 4.78 is 0. The lowest BCUT2D eigenvalue weighted by Crippen LogP contribution is -2.15. The predicted octanol–water partition coefficient (Wildman–Crippen LogP) is 8.29. The molecule has 0 heterocycles. The molecule has 162 valence electrons. The second-order valence-corrected chi connectivity index (χ2v) is 9.15. The van der Waals surface area contributed by atoms with Crippen molar-refractivity contribution in [1.29, 1.82) is 10.5 Å². The molecule has 0 spiro atoms. The lowest BCUT2D eigenvalue weighted by atomic mass is 9.75. The highest BCUT2D eigenvalue weighted by Gasteiger charge is 2.26. The maximum atomic E-state index is 9.95. The van der Waals surface area contributed by atoms with Crippen molar-refractivity contribution in [3.05, 3.63) is 58.7 Å². The van der Waals surface area contributed by atoms with E-state index in [1.807, 2.05) is 0 Å². The molecule has 1 aliphatic carbocycles. The van der Waals surface area contributed by atoms with Gasteiger partial charge in [0.05, 0.1) is 11.1 Å². The van der Waals surface area contributed by atoms with E-state index in [4.69, 9.17) is 0 Å². The fraction of sp³-hybridized carbons (Fsp3) is 0.517. The average molecular weight is 413 g/mol. The molecule has 3 rings (SSSR count). The van der Waals surface area contributed by atoms with Crippen molar-refractivity contribution >= 4 is 0 Å². The number of nitrogens with zero attached hydrogens (tertiary/aromatic N) is 2. The Labute approximate surface area is 188 Å². The van der Waals surface area contributed by atoms with Crippen molar-refractivity contribution in [2.24, 2.45) is 5.92 Å². The zero-order chi connectivity index (χ0) is 22.1. The Morgan fingerprint density at radius 2 is 1.45 bits per heavy atom. The Hall–Kier alpha value is -2.58. The monoisotopic (exact) mass is 412 g/mol. The molecule has 0 aromatic heterocycles. The lowest BCUT2D eigenvalue weighted by Gasteiger charge is -2.29. The van der Waals surface area contributed by atoms with Gasteiger partial charge in [-0.2, -0.15) is 10.5 Å². The van der Waals surface area contributed by atoms with E-state index in [1.54, 1.807) is 0 Å². The molecule has 2 nitrogen and oxygen atoms in total. The number of nitriles is 2. The summed E-state index contributed by atoms with van der Waals surface area (Å²) in [4.78, 5) is 0. The SMILES string of the molecule is CCCCCCC[C@H]1CC[C@H](c2ccc(-c3ccc(CC)cc3)c(C#N)c2C#N)CC1. The van der Waals surface area contributed by atoms with Crippen molar-refractivity contribution in [3.8, 4) is 23.3 Å². The molecule has 1 saturated carbocycles. The first-order chi connectivity index (χ1) is 15.2. The summed E-state index contributed by atoms with van der Waals surface area (Å²) in [7, 11) is 0. The van der Waals surface area contributed by atoms with Crippen LogP contribution in [0.5, 0.6) is 0 Å². The maximum absolute atomic E-state index is 9.95. The standard InChI is InChI=1S/C29H36N2/c1-3-5-6-7-8-9-23-12-16-25(17-13-23)27-19-18-26(28(20-30)29(27)21-31)24-14-10-22(4-2)11-15-24/h10-11,14-15,18-19,23,25H,3-9,12-13,16-17H2,1-2H3/t23-,25-. The highest BCUT2D eigenvalue weighted by molar-refractivity contribution is 5.75. The first kappa shape index (κ1) is 23.1. The van der Waals surface area contributed by atoms with Gasteiger partial charge in [-0.3, -0.25) is 0 Å². The van der Waals surface area contributed by atoms with Crippen LogP contribution in [0.2, 0.25) is 0 Å². The van der Waals surface area contributed by atoms with Crippen LogP contribution >= 0.6 is 0 Å². The summed E-state index contributed by atoms with van der Waals surface area (Å²) in [5, 5.41) is 19.9. The van der Waals surface area contributed by atoms with Gasteiger partial charge in [0.15, 0.2) is 0 Å². The first-order valence-electron chi connectivity index (χ1n) is 12.3. The topological polar surface area (TPSA) is 47.6 Å². The smallest absolute Gasteiger partial charge is 0.101 e. The number of hydrogen-bond acceptors (Lipinski definition) is 2. The third-order valence-electron chi connectivity index (χ3n) is 7.14. The quantitative estimate of drug-likeness (QED) is 0.389. The minimum Gasteiger partial charge on any atom is -0.192 e. The van der Waals surface area contributed by atoms with E-state index in [2.05, 4.69) is 62.4 Å². The Morgan fingerprint density at radius 3 is 2.06 bits per heavy atom. The Bertz CT molecular complexity index is 919. The minimum absolute atomic E-state index is 0.412. The average Bonchev–Trinajstić information content (AvgIpc) is 2.83. The second kappa shape index (κ2) is 11.7. The molecule has 0 unspecified atom stereocenters. The van der Waals surface area contributed by atoms with Gasteiger partial charge in [0.25, 0.3) is 0 Å². The van der Waals surface area contributed by atoms with Gasteiger partial charge >= 0.3 is 0 Å². The van der Waals surface area contributed by atoms with E-state index in [-0.39, 0.29) is 0 Å². The van der Waals surface area contributed by atoms with E-state index in [1.165, 1.54) is 56.9 Å². The summed E-state index contributed by atoms with van der Waals surface area (Å²) in [5.41, 5.74) is 5.41. The van der Waals surface area contributed by atoms with Crippen LogP contribution in [-0.4, -0.2) is 0 Å². The molecule has 0 amide bonds. The summed E-state index contributed by atoms with van der Waals surface area (Å²) in [6, 6.07) is 17.3. The van der Waals surface area contributed by atoms with Gasteiger partial charge in [-0.15, -0.1) is 0 Å². The maximum Gasteiger partial charge on any atom is 0.101 e. The molecule has 0 saturated heterocycles. The molecular formula is C29H36N2. The number of aryl methyl sites for hydroxylation is 1. The largest absolute Gasteiger partial charge is 0.192 e. The third kappa shape index (κ3) is 5.77.